The molecular formula is C24H25N3O3. The van der Waals surface area contributed by atoms with Gasteiger partial charge in [0.05, 0.1) is 30.3 Å². The number of rotatable bonds is 5. The summed E-state index contributed by atoms with van der Waals surface area (Å²) >= 11 is 0. The van der Waals surface area contributed by atoms with Crippen LogP contribution in [-0.2, 0) is 11.2 Å². The first-order valence-electron chi connectivity index (χ1n) is 10.2. The van der Waals surface area contributed by atoms with Gasteiger partial charge in [0.25, 0.3) is 5.91 Å². The number of amides is 2. The van der Waals surface area contributed by atoms with Gasteiger partial charge in [-0.3, -0.25) is 14.6 Å². The van der Waals surface area contributed by atoms with E-state index in [1.54, 1.807) is 7.11 Å². The molecule has 1 aromatic heterocycles. The molecule has 2 amide bonds. The van der Waals surface area contributed by atoms with E-state index in [1.807, 2.05) is 59.5 Å². The van der Waals surface area contributed by atoms with Crippen molar-refractivity contribution >= 4 is 22.7 Å². The van der Waals surface area contributed by atoms with E-state index < -0.39 is 5.91 Å². The van der Waals surface area contributed by atoms with Crippen molar-refractivity contribution in [2.45, 2.75) is 25.2 Å². The van der Waals surface area contributed by atoms with E-state index in [1.165, 1.54) is 0 Å². The first-order chi connectivity index (χ1) is 14.5. The largest absolute Gasteiger partial charge is 0.497 e. The number of ether oxygens (including phenoxy) is 1. The Kier molecular flexibility index (Phi) is 5.65. The van der Waals surface area contributed by atoms with Gasteiger partial charge in [0.1, 0.15) is 5.75 Å². The quantitative estimate of drug-likeness (QED) is 0.708. The summed E-state index contributed by atoms with van der Waals surface area (Å²) in [6, 6.07) is 17.1. The molecule has 0 spiro atoms. The molecule has 2 N–H and O–H groups in total. The van der Waals surface area contributed by atoms with Crippen molar-refractivity contribution in [1.29, 1.82) is 0 Å². The number of likely N-dealkylation sites (tertiary alicyclic amines) is 1. The van der Waals surface area contributed by atoms with Crippen LogP contribution in [0.5, 0.6) is 5.75 Å². The predicted octanol–water partition coefficient (Wildman–Crippen LogP) is 3.29. The highest BCUT2D eigenvalue weighted by Gasteiger charge is 2.27. The number of fused-ring (bicyclic) bond motifs is 1. The molecule has 1 aliphatic heterocycles. The monoisotopic (exact) mass is 403 g/mol. The number of para-hydroxylation sites is 1. The standard InChI is InChI=1S/C24H25N3O3/c1-30-19-7-4-5-16(13-19)14-22(28)27-11-9-17(10-12-27)23-20(24(25)29)15-18-6-2-3-8-21(18)26-23/h2-8,13,15,17H,9-12,14H2,1H3,(H2,25,29). The lowest BCUT2D eigenvalue weighted by atomic mass is 9.89. The number of nitrogens with zero attached hydrogens (tertiary/aromatic N) is 2. The number of carbonyl (C=O) groups is 2. The van der Waals surface area contributed by atoms with Crippen LogP contribution in [0.1, 0.15) is 40.4 Å². The Morgan fingerprint density at radius 3 is 2.60 bits per heavy atom. The SMILES string of the molecule is COc1cccc(CC(=O)N2CCC(c3nc4ccccc4cc3C(N)=O)CC2)c1. The van der Waals surface area contributed by atoms with Gasteiger partial charge in [-0.05, 0) is 42.7 Å². The summed E-state index contributed by atoms with van der Waals surface area (Å²) in [7, 11) is 1.62. The number of nitrogens with two attached hydrogens (primary N) is 1. The number of hydrogen-bond acceptors (Lipinski definition) is 4. The second-order valence-corrected chi connectivity index (χ2v) is 7.66. The van der Waals surface area contributed by atoms with Crippen LogP contribution in [0.4, 0.5) is 0 Å². The Balaban J connectivity index is 1.47. The topological polar surface area (TPSA) is 85.5 Å². The molecule has 154 valence electrons. The minimum atomic E-state index is -0.459. The van der Waals surface area contributed by atoms with Crippen molar-refractivity contribution in [2.24, 2.45) is 5.73 Å². The lowest BCUT2D eigenvalue weighted by Gasteiger charge is -2.32. The molecule has 2 heterocycles. The van der Waals surface area contributed by atoms with Crippen LogP contribution >= 0.6 is 0 Å². The fraction of sp³-hybridized carbons (Fsp3) is 0.292. The molecule has 0 radical (unpaired) electrons. The third-order valence-corrected chi connectivity index (χ3v) is 5.74. The molecule has 1 saturated heterocycles. The second kappa shape index (κ2) is 8.53. The number of aromatic nitrogens is 1. The molecule has 4 rings (SSSR count). The van der Waals surface area contributed by atoms with Crippen molar-refractivity contribution in [2.75, 3.05) is 20.2 Å². The summed E-state index contributed by atoms with van der Waals surface area (Å²) in [5, 5.41) is 0.904. The Labute approximate surface area is 175 Å². The van der Waals surface area contributed by atoms with Gasteiger partial charge in [0.15, 0.2) is 0 Å². The molecule has 6 nitrogen and oxygen atoms in total. The lowest BCUT2D eigenvalue weighted by Crippen LogP contribution is -2.39. The van der Waals surface area contributed by atoms with Crippen molar-refractivity contribution in [3.05, 3.63) is 71.4 Å². The van der Waals surface area contributed by atoms with E-state index >= 15 is 0 Å². The smallest absolute Gasteiger partial charge is 0.250 e. The third kappa shape index (κ3) is 4.13. The lowest BCUT2D eigenvalue weighted by molar-refractivity contribution is -0.131. The van der Waals surface area contributed by atoms with Gasteiger partial charge in [-0.15, -0.1) is 0 Å². The first-order valence-corrected chi connectivity index (χ1v) is 10.2. The summed E-state index contributed by atoms with van der Waals surface area (Å²) < 4.78 is 5.24. The van der Waals surface area contributed by atoms with Crippen LogP contribution in [-0.4, -0.2) is 41.9 Å². The van der Waals surface area contributed by atoms with Gasteiger partial charge in [-0.2, -0.15) is 0 Å². The Bertz CT molecular complexity index is 1090. The normalized spacial score (nSPS) is 14.6. The van der Waals surface area contributed by atoms with Gasteiger partial charge in [-0.1, -0.05) is 30.3 Å². The number of pyridine rings is 1. The number of carbonyl (C=O) groups excluding carboxylic acids is 2. The molecule has 3 aromatic rings. The summed E-state index contributed by atoms with van der Waals surface area (Å²) in [4.78, 5) is 31.4. The fourth-order valence-corrected chi connectivity index (χ4v) is 4.11. The average molecular weight is 403 g/mol. The zero-order valence-electron chi connectivity index (χ0n) is 17.0. The average Bonchev–Trinajstić information content (AvgIpc) is 2.78. The van der Waals surface area contributed by atoms with Crippen LogP contribution in [0.2, 0.25) is 0 Å². The molecule has 2 aromatic carbocycles. The fourth-order valence-electron chi connectivity index (χ4n) is 4.11. The maximum atomic E-state index is 12.8. The van der Waals surface area contributed by atoms with Gasteiger partial charge in [-0.25, -0.2) is 0 Å². The Morgan fingerprint density at radius 2 is 1.87 bits per heavy atom. The van der Waals surface area contributed by atoms with E-state index in [0.717, 1.165) is 40.8 Å². The number of piperidine rings is 1. The van der Waals surface area contributed by atoms with E-state index in [9.17, 15) is 9.59 Å². The molecule has 0 bridgehead atoms. The molecule has 1 fully saturated rings. The molecule has 30 heavy (non-hydrogen) atoms. The number of primary amides is 1. The highest BCUT2D eigenvalue weighted by atomic mass is 16.5. The highest BCUT2D eigenvalue weighted by Crippen LogP contribution is 2.31. The summed E-state index contributed by atoms with van der Waals surface area (Å²) in [6.45, 7) is 1.28. The molecule has 0 unspecified atom stereocenters. The van der Waals surface area contributed by atoms with Crippen LogP contribution in [0.3, 0.4) is 0 Å². The third-order valence-electron chi connectivity index (χ3n) is 5.74. The zero-order chi connectivity index (χ0) is 21.1. The number of benzene rings is 2. The van der Waals surface area contributed by atoms with Gasteiger partial charge >= 0.3 is 0 Å². The van der Waals surface area contributed by atoms with Crippen molar-refractivity contribution < 1.29 is 14.3 Å². The van der Waals surface area contributed by atoms with Gasteiger partial charge < -0.3 is 15.4 Å². The molecular weight excluding hydrogens is 378 g/mol. The Morgan fingerprint density at radius 1 is 1.10 bits per heavy atom. The summed E-state index contributed by atoms with van der Waals surface area (Å²) in [6.07, 6.45) is 1.87. The van der Waals surface area contributed by atoms with Crippen molar-refractivity contribution in [3.63, 3.8) is 0 Å². The molecule has 0 saturated carbocycles. The maximum absolute atomic E-state index is 12.8. The Hall–Kier alpha value is -3.41. The number of methoxy groups -OCH3 is 1. The van der Waals surface area contributed by atoms with Crippen LogP contribution in [0.25, 0.3) is 10.9 Å². The molecule has 0 aliphatic carbocycles. The van der Waals surface area contributed by atoms with E-state index in [4.69, 9.17) is 15.5 Å². The van der Waals surface area contributed by atoms with E-state index in [2.05, 4.69) is 0 Å². The van der Waals surface area contributed by atoms with Crippen molar-refractivity contribution in [1.82, 2.24) is 9.88 Å². The van der Waals surface area contributed by atoms with Crippen LogP contribution in [0, 0.1) is 0 Å². The zero-order valence-corrected chi connectivity index (χ0v) is 17.0. The minimum Gasteiger partial charge on any atom is -0.497 e. The van der Waals surface area contributed by atoms with Crippen LogP contribution < -0.4 is 10.5 Å². The molecule has 1 aliphatic rings. The van der Waals surface area contributed by atoms with Gasteiger partial charge in [0.2, 0.25) is 5.91 Å². The highest BCUT2D eigenvalue weighted by molar-refractivity contribution is 5.97. The molecule has 6 heteroatoms. The van der Waals surface area contributed by atoms with E-state index in [0.29, 0.717) is 25.1 Å². The minimum absolute atomic E-state index is 0.100. The second-order valence-electron chi connectivity index (χ2n) is 7.66. The van der Waals surface area contributed by atoms with Crippen molar-refractivity contribution in [3.8, 4) is 5.75 Å². The van der Waals surface area contributed by atoms with Gasteiger partial charge in [0, 0.05) is 24.4 Å². The number of hydrogen-bond donors (Lipinski definition) is 1. The summed E-state index contributed by atoms with van der Waals surface area (Å²) in [5.41, 5.74) is 8.67. The first kappa shape index (κ1) is 19.9. The predicted molar refractivity (Wildman–Crippen MR) is 116 cm³/mol. The molecule has 0 atom stereocenters. The maximum Gasteiger partial charge on any atom is 0.250 e. The van der Waals surface area contributed by atoms with Crippen LogP contribution in [0.15, 0.2) is 54.6 Å². The summed E-state index contributed by atoms with van der Waals surface area (Å²) in [5.74, 6) is 0.501. The van der Waals surface area contributed by atoms with E-state index in [-0.39, 0.29) is 11.8 Å².